The van der Waals surface area contributed by atoms with Crippen LogP contribution in [0.3, 0.4) is 0 Å². The summed E-state index contributed by atoms with van der Waals surface area (Å²) in [5.74, 6) is 0. The summed E-state index contributed by atoms with van der Waals surface area (Å²) in [5.41, 5.74) is 28.2. The van der Waals surface area contributed by atoms with Crippen molar-refractivity contribution < 1.29 is 0 Å². The third-order valence-electron chi connectivity index (χ3n) is 17.8. The second-order valence-corrected chi connectivity index (χ2v) is 22.4. The highest BCUT2D eigenvalue weighted by Crippen LogP contribution is 2.36. The van der Waals surface area contributed by atoms with Gasteiger partial charge < -0.3 is 13.7 Å². The van der Waals surface area contributed by atoms with Crippen molar-refractivity contribution in [2.75, 3.05) is 0 Å². The molecule has 0 spiro atoms. The fourth-order valence-electron chi connectivity index (χ4n) is 14.5. The van der Waals surface area contributed by atoms with Crippen LogP contribution in [0.2, 0.25) is 0 Å². The number of fused-ring (bicyclic) bond motifs is 15. The lowest BCUT2D eigenvalue weighted by atomic mass is 9.35. The SMILES string of the molecule is Cc1ccc(B2c3ccccc3-n3c4ccccc4c4cccc2c43)cc1.Cc1cccc(B2c3ccccc3-n3c4ccccc4c4cccc2c43)c1.Cc1cccc2c1B(c1ccccc1)c1cccc3c4ccccc4n-2c13. The van der Waals surface area contributed by atoms with Crippen molar-refractivity contribution in [2.45, 2.75) is 20.8 Å². The third-order valence-corrected chi connectivity index (χ3v) is 17.8. The Labute approximate surface area is 473 Å². The van der Waals surface area contributed by atoms with Crippen LogP contribution in [-0.2, 0) is 0 Å². The summed E-state index contributed by atoms with van der Waals surface area (Å²) < 4.78 is 7.39. The van der Waals surface area contributed by atoms with Crippen LogP contribution in [0.15, 0.2) is 273 Å². The van der Waals surface area contributed by atoms with Crippen molar-refractivity contribution in [3.8, 4) is 17.1 Å². The quantitative estimate of drug-likeness (QED) is 0.157. The lowest BCUT2D eigenvalue weighted by Crippen LogP contribution is -2.56. The third kappa shape index (κ3) is 7.19. The molecular formula is C75H54B3N3. The van der Waals surface area contributed by atoms with Gasteiger partial charge in [0.25, 0.3) is 0 Å². The first-order valence-corrected chi connectivity index (χ1v) is 28.5. The zero-order valence-electron chi connectivity index (χ0n) is 45.6. The summed E-state index contributed by atoms with van der Waals surface area (Å²) in [6.45, 7) is 7.37. The molecule has 378 valence electrons. The minimum absolute atomic E-state index is 0.265. The van der Waals surface area contributed by atoms with Crippen molar-refractivity contribution in [3.63, 3.8) is 0 Å². The van der Waals surface area contributed by atoms with Crippen LogP contribution in [0.25, 0.3) is 82.5 Å². The van der Waals surface area contributed by atoms with Crippen LogP contribution in [-0.4, -0.2) is 33.8 Å². The maximum atomic E-state index is 2.47. The highest BCUT2D eigenvalue weighted by Gasteiger charge is 2.36. The lowest BCUT2D eigenvalue weighted by molar-refractivity contribution is 1.18. The number of hydrogen-bond acceptors (Lipinski definition) is 0. The van der Waals surface area contributed by atoms with E-state index in [0.717, 1.165) is 0 Å². The molecule has 0 N–H and O–H groups in total. The number of benzene rings is 12. The number of aromatic nitrogens is 3. The van der Waals surface area contributed by atoms with E-state index in [1.165, 1.54) is 148 Å². The predicted octanol–water partition coefficient (Wildman–Crippen LogP) is 11.8. The zero-order chi connectivity index (χ0) is 53.9. The van der Waals surface area contributed by atoms with E-state index in [2.05, 4.69) is 307 Å². The Hall–Kier alpha value is -9.77. The smallest absolute Gasteiger partial charge is 0.247 e. The van der Waals surface area contributed by atoms with Crippen molar-refractivity contribution in [2.24, 2.45) is 0 Å². The normalized spacial score (nSPS) is 12.6. The van der Waals surface area contributed by atoms with E-state index in [9.17, 15) is 0 Å². The average molecular weight is 1030 g/mol. The van der Waals surface area contributed by atoms with Gasteiger partial charge in [0.2, 0.25) is 20.1 Å². The van der Waals surface area contributed by atoms with Crippen LogP contribution in [0.1, 0.15) is 16.7 Å². The van der Waals surface area contributed by atoms with Gasteiger partial charge in [0, 0.05) is 65.9 Å². The molecule has 6 heterocycles. The maximum absolute atomic E-state index is 2.47. The van der Waals surface area contributed by atoms with Crippen LogP contribution in [0.4, 0.5) is 0 Å². The molecule has 15 aromatic rings. The lowest BCUT2D eigenvalue weighted by Gasteiger charge is -2.28. The molecule has 0 atom stereocenters. The minimum atomic E-state index is 0.265. The molecule has 0 fully saturated rings. The molecule has 12 aromatic carbocycles. The number of hydrogen-bond donors (Lipinski definition) is 0. The summed E-state index contributed by atoms with van der Waals surface area (Å²) in [6.07, 6.45) is 0. The van der Waals surface area contributed by atoms with Crippen LogP contribution in [0.5, 0.6) is 0 Å². The zero-order valence-corrected chi connectivity index (χ0v) is 45.6. The standard InChI is InChI=1S/3C25H18BN/c1-17-8-6-9-18(16-17)26-21-12-3-5-15-24(21)27-23-14-4-2-10-19(23)20-11-7-13-22(26)25(20)27;1-17-13-15-18(16-14-17)26-21-9-3-5-12-24(21)27-23-11-4-2-7-19(23)20-8-6-10-22(26)25(20)27;1-17-9-7-16-23-24(17)26(18-10-3-2-4-11-18)21-14-8-13-20-19-12-5-6-15-22(19)27(23)25(20)21/h3*2-16H,1H3. The minimum Gasteiger partial charge on any atom is -0.310 e. The first-order valence-electron chi connectivity index (χ1n) is 28.5. The molecular weight excluding hydrogens is 975 g/mol. The van der Waals surface area contributed by atoms with E-state index in [-0.39, 0.29) is 20.1 Å². The molecule has 0 saturated carbocycles. The molecule has 3 aliphatic heterocycles. The summed E-state index contributed by atoms with van der Waals surface area (Å²) in [5, 5.41) is 8.01. The van der Waals surface area contributed by atoms with E-state index in [1.54, 1.807) is 0 Å². The monoisotopic (exact) mass is 1030 g/mol. The summed E-state index contributed by atoms with van der Waals surface area (Å²) >= 11 is 0. The Balaban J connectivity index is 0.000000100. The maximum Gasteiger partial charge on any atom is 0.247 e. The highest BCUT2D eigenvalue weighted by molar-refractivity contribution is 6.99. The molecule has 0 aliphatic carbocycles. The summed E-state index contributed by atoms with van der Waals surface area (Å²) in [7, 11) is 0. The van der Waals surface area contributed by atoms with Crippen molar-refractivity contribution in [1.29, 1.82) is 0 Å². The molecule has 81 heavy (non-hydrogen) atoms. The van der Waals surface area contributed by atoms with Crippen molar-refractivity contribution in [1.82, 2.24) is 13.7 Å². The second kappa shape index (κ2) is 18.7. The van der Waals surface area contributed by atoms with Gasteiger partial charge >= 0.3 is 0 Å². The molecule has 0 bridgehead atoms. The van der Waals surface area contributed by atoms with Gasteiger partial charge in [-0.05, 0) is 89.9 Å². The molecule has 0 amide bonds. The number of rotatable bonds is 3. The van der Waals surface area contributed by atoms with Gasteiger partial charge in [-0.3, -0.25) is 0 Å². The van der Waals surface area contributed by atoms with E-state index in [4.69, 9.17) is 0 Å². The molecule has 0 saturated heterocycles. The Bertz CT molecular complexity index is 5010. The van der Waals surface area contributed by atoms with Crippen molar-refractivity contribution in [3.05, 3.63) is 290 Å². The molecule has 18 rings (SSSR count). The van der Waals surface area contributed by atoms with Crippen LogP contribution >= 0.6 is 0 Å². The van der Waals surface area contributed by atoms with E-state index in [1.807, 2.05) is 0 Å². The molecule has 3 aromatic heterocycles. The first kappa shape index (κ1) is 47.3. The van der Waals surface area contributed by atoms with Gasteiger partial charge in [-0.2, -0.15) is 0 Å². The second-order valence-electron chi connectivity index (χ2n) is 22.4. The van der Waals surface area contributed by atoms with Gasteiger partial charge in [-0.15, -0.1) is 0 Å². The Morgan fingerprint density at radius 2 is 0.617 bits per heavy atom. The fraction of sp³-hybridized carbons (Fsp3) is 0.0400. The van der Waals surface area contributed by atoms with Crippen LogP contribution < -0.4 is 49.2 Å². The predicted molar refractivity (Wildman–Crippen MR) is 350 cm³/mol. The van der Waals surface area contributed by atoms with Gasteiger partial charge in [0.05, 0.1) is 16.6 Å². The fourth-order valence-corrected chi connectivity index (χ4v) is 14.5. The summed E-state index contributed by atoms with van der Waals surface area (Å²) in [4.78, 5) is 0. The van der Waals surface area contributed by atoms with Gasteiger partial charge in [-0.1, -0.05) is 270 Å². The molecule has 6 heteroatoms. The van der Waals surface area contributed by atoms with E-state index in [0.29, 0.717) is 0 Å². The number of aryl methyl sites for hydroxylation is 3. The van der Waals surface area contributed by atoms with Gasteiger partial charge in [-0.25, -0.2) is 0 Å². The molecule has 0 unspecified atom stereocenters. The largest absolute Gasteiger partial charge is 0.310 e. The first-order chi connectivity index (χ1) is 40.0. The molecule has 3 nitrogen and oxygen atoms in total. The van der Waals surface area contributed by atoms with E-state index >= 15 is 0 Å². The van der Waals surface area contributed by atoms with Crippen LogP contribution in [0, 0.1) is 20.8 Å². The van der Waals surface area contributed by atoms with Gasteiger partial charge in [0.1, 0.15) is 0 Å². The number of para-hydroxylation sites is 8. The average Bonchev–Trinajstić information content (AvgIpc) is 4.24. The van der Waals surface area contributed by atoms with Gasteiger partial charge in [0.15, 0.2) is 0 Å². The Morgan fingerprint density at radius 1 is 0.247 bits per heavy atom. The van der Waals surface area contributed by atoms with E-state index < -0.39 is 0 Å². The highest BCUT2D eigenvalue weighted by atomic mass is 15.0. The molecule has 3 aliphatic rings. The molecule has 0 radical (unpaired) electrons. The Kier molecular flexibility index (Phi) is 10.9. The number of nitrogens with zero attached hydrogens (tertiary/aromatic N) is 3. The van der Waals surface area contributed by atoms with Crippen molar-refractivity contribution >= 4 is 135 Å². The summed E-state index contributed by atoms with van der Waals surface area (Å²) in [6, 6.07) is 100.0. The Morgan fingerprint density at radius 3 is 1.15 bits per heavy atom. The topological polar surface area (TPSA) is 14.8 Å².